The monoisotopic (exact) mass is 827 g/mol. The number of rotatable bonds is 5. The third-order valence-electron chi connectivity index (χ3n) is 14.2. The van der Waals surface area contributed by atoms with Crippen LogP contribution in [0, 0.1) is 0 Å². The van der Waals surface area contributed by atoms with Gasteiger partial charge in [-0.25, -0.2) is 0 Å². The highest BCUT2D eigenvalue weighted by atomic mass is 15.2. The van der Waals surface area contributed by atoms with Crippen LogP contribution in [0.2, 0.25) is 0 Å². The first-order chi connectivity index (χ1) is 32.3. The molecule has 1 aliphatic heterocycles. The molecule has 14 rings (SSSR count). The summed E-state index contributed by atoms with van der Waals surface area (Å²) in [4.78, 5) is 2.59. The molecule has 0 saturated heterocycles. The van der Waals surface area contributed by atoms with Crippen molar-refractivity contribution in [1.82, 2.24) is 9.13 Å². The molecule has 0 amide bonds. The lowest BCUT2D eigenvalue weighted by atomic mass is 9.92. The van der Waals surface area contributed by atoms with Crippen molar-refractivity contribution in [2.75, 3.05) is 11.4 Å². The van der Waals surface area contributed by atoms with Crippen LogP contribution < -0.4 is 4.90 Å². The lowest BCUT2D eigenvalue weighted by Crippen LogP contribution is -2.13. The second kappa shape index (κ2) is 14.1. The smallest absolute Gasteiger partial charge is 0.0594 e. The minimum Gasteiger partial charge on any atom is -0.340 e. The van der Waals surface area contributed by atoms with Gasteiger partial charge in [-0.05, 0) is 128 Å². The van der Waals surface area contributed by atoms with Gasteiger partial charge in [0.2, 0.25) is 0 Å². The highest BCUT2D eigenvalue weighted by Crippen LogP contribution is 2.47. The summed E-state index contributed by atoms with van der Waals surface area (Å²) in [5.74, 6) is 0. The third kappa shape index (κ3) is 5.36. The Labute approximate surface area is 376 Å². The molecule has 0 N–H and O–H groups in total. The van der Waals surface area contributed by atoms with E-state index in [0.29, 0.717) is 0 Å². The second-order valence-electron chi connectivity index (χ2n) is 17.6. The molecule has 3 heteroatoms. The van der Waals surface area contributed by atoms with E-state index in [9.17, 15) is 0 Å². The Balaban J connectivity index is 0.976. The molecule has 0 aliphatic carbocycles. The Morgan fingerprint density at radius 1 is 0.292 bits per heavy atom. The van der Waals surface area contributed by atoms with Gasteiger partial charge in [-0.2, -0.15) is 0 Å². The van der Waals surface area contributed by atoms with E-state index in [1.54, 1.807) is 0 Å². The van der Waals surface area contributed by atoms with Gasteiger partial charge in [0.15, 0.2) is 0 Å². The molecule has 0 spiro atoms. The quantitative estimate of drug-likeness (QED) is 0.158. The van der Waals surface area contributed by atoms with Crippen molar-refractivity contribution in [3.8, 4) is 33.6 Å². The fourth-order valence-corrected chi connectivity index (χ4v) is 11.3. The van der Waals surface area contributed by atoms with Crippen LogP contribution in [0.4, 0.5) is 11.4 Å². The number of fused-ring (bicyclic) bond motifs is 14. The van der Waals surface area contributed by atoms with Gasteiger partial charge in [0, 0.05) is 50.7 Å². The van der Waals surface area contributed by atoms with Gasteiger partial charge in [0.25, 0.3) is 0 Å². The highest BCUT2D eigenvalue weighted by Gasteiger charge is 2.29. The maximum Gasteiger partial charge on any atom is 0.0594 e. The fourth-order valence-electron chi connectivity index (χ4n) is 11.3. The van der Waals surface area contributed by atoms with E-state index in [1.165, 1.54) is 121 Å². The molecular weight excluding hydrogens is 787 g/mol. The molecule has 11 aromatic carbocycles. The van der Waals surface area contributed by atoms with Gasteiger partial charge in [-0.1, -0.05) is 158 Å². The molecule has 2 aromatic heterocycles. The van der Waals surface area contributed by atoms with Crippen LogP contribution in [0.25, 0.3) is 110 Å². The van der Waals surface area contributed by atoms with Gasteiger partial charge in [0.05, 0.1) is 27.8 Å². The number of nitrogens with zero attached hydrogens (tertiary/aromatic N) is 3. The van der Waals surface area contributed by atoms with Crippen molar-refractivity contribution in [3.63, 3.8) is 0 Å². The Kier molecular flexibility index (Phi) is 7.81. The Morgan fingerprint density at radius 3 is 1.62 bits per heavy atom. The van der Waals surface area contributed by atoms with Crippen LogP contribution in [-0.2, 0) is 6.42 Å². The van der Waals surface area contributed by atoms with E-state index in [-0.39, 0.29) is 0 Å². The first-order valence-electron chi connectivity index (χ1n) is 22.7. The maximum atomic E-state index is 2.59. The molecule has 3 nitrogen and oxygen atoms in total. The Bertz CT molecular complexity index is 4030. The molecule has 13 aromatic rings. The van der Waals surface area contributed by atoms with Crippen LogP contribution in [0.5, 0.6) is 0 Å². The van der Waals surface area contributed by atoms with Crippen molar-refractivity contribution >= 4 is 87.3 Å². The minimum atomic E-state index is 0.899. The van der Waals surface area contributed by atoms with Crippen LogP contribution in [0.3, 0.4) is 0 Å². The molecule has 0 unspecified atom stereocenters. The van der Waals surface area contributed by atoms with Crippen molar-refractivity contribution < 1.29 is 0 Å². The Morgan fingerprint density at radius 2 is 0.831 bits per heavy atom. The first-order valence-corrected chi connectivity index (χ1v) is 22.7. The standard InChI is InChI=1S/C62H41N3/c1-3-15-40(16-4-1)42-30-33-58-55(39-42)61-59(63-36-35-53-56(63)34-32-52-51-25-11-12-26-57(51)65(62(52)53)44-18-5-2-6-19-44)27-14-28-60(61)64(58)45-20-13-17-41(37-45)43-29-31-50-48-23-8-7-21-46(48)47-22-9-10-24-49(47)54(50)38-43/h1-34,37-39H,35-36H2. The summed E-state index contributed by atoms with van der Waals surface area (Å²) in [6.45, 7) is 0.899. The van der Waals surface area contributed by atoms with Crippen molar-refractivity contribution in [3.05, 3.63) is 230 Å². The maximum absolute atomic E-state index is 2.59. The molecule has 0 bridgehead atoms. The van der Waals surface area contributed by atoms with Crippen molar-refractivity contribution in [1.29, 1.82) is 0 Å². The number of benzene rings is 11. The van der Waals surface area contributed by atoms with E-state index < -0.39 is 0 Å². The van der Waals surface area contributed by atoms with Crippen LogP contribution in [0.1, 0.15) is 5.56 Å². The summed E-state index contributed by atoms with van der Waals surface area (Å²) in [6.07, 6.45) is 0.957. The average Bonchev–Trinajstić information content (AvgIpc) is 4.07. The third-order valence-corrected chi connectivity index (χ3v) is 14.2. The highest BCUT2D eigenvalue weighted by molar-refractivity contribution is 6.26. The van der Waals surface area contributed by atoms with Gasteiger partial charge >= 0.3 is 0 Å². The molecule has 304 valence electrons. The van der Waals surface area contributed by atoms with Crippen LogP contribution >= 0.6 is 0 Å². The largest absolute Gasteiger partial charge is 0.340 e. The molecule has 0 atom stereocenters. The minimum absolute atomic E-state index is 0.899. The topological polar surface area (TPSA) is 13.1 Å². The van der Waals surface area contributed by atoms with E-state index in [4.69, 9.17) is 0 Å². The lowest BCUT2D eigenvalue weighted by molar-refractivity contribution is 1.00. The zero-order valence-corrected chi connectivity index (χ0v) is 35.6. The van der Waals surface area contributed by atoms with E-state index in [2.05, 4.69) is 238 Å². The SMILES string of the molecule is c1ccc(-c2ccc3c(c2)c2c(N4CCc5c4ccc4c6ccccc6n(-c6ccccc6)c54)cccc2n3-c2cccc(-c3ccc4c5ccccc5c5ccccc5c4c3)c2)cc1. The zero-order chi connectivity index (χ0) is 42.6. The normalized spacial score (nSPS) is 12.8. The van der Waals surface area contributed by atoms with Gasteiger partial charge in [0.1, 0.15) is 0 Å². The average molecular weight is 828 g/mol. The van der Waals surface area contributed by atoms with Crippen molar-refractivity contribution in [2.24, 2.45) is 0 Å². The molecule has 0 saturated carbocycles. The summed E-state index contributed by atoms with van der Waals surface area (Å²) >= 11 is 0. The molecular formula is C62H41N3. The van der Waals surface area contributed by atoms with Gasteiger partial charge in [-0.3, -0.25) is 0 Å². The summed E-state index contributed by atoms with van der Waals surface area (Å²) < 4.78 is 4.97. The van der Waals surface area contributed by atoms with E-state index >= 15 is 0 Å². The van der Waals surface area contributed by atoms with Gasteiger partial charge < -0.3 is 14.0 Å². The predicted molar refractivity (Wildman–Crippen MR) is 276 cm³/mol. The molecule has 0 fully saturated rings. The lowest BCUT2D eigenvalue weighted by Gasteiger charge is -2.21. The number of aromatic nitrogens is 2. The number of para-hydroxylation sites is 2. The molecule has 3 heterocycles. The summed E-state index contributed by atoms with van der Waals surface area (Å²) in [5.41, 5.74) is 16.0. The second-order valence-corrected chi connectivity index (χ2v) is 17.6. The van der Waals surface area contributed by atoms with Gasteiger partial charge in [-0.15, -0.1) is 0 Å². The van der Waals surface area contributed by atoms with E-state index in [1.807, 2.05) is 0 Å². The summed E-state index contributed by atoms with van der Waals surface area (Å²) in [7, 11) is 0. The summed E-state index contributed by atoms with van der Waals surface area (Å²) in [5, 5.41) is 12.9. The number of hydrogen-bond acceptors (Lipinski definition) is 1. The number of anilines is 2. The Hall–Kier alpha value is -8.40. The summed E-state index contributed by atoms with van der Waals surface area (Å²) in [6, 6.07) is 83.0. The molecule has 0 radical (unpaired) electrons. The van der Waals surface area contributed by atoms with Crippen LogP contribution in [-0.4, -0.2) is 15.7 Å². The zero-order valence-electron chi connectivity index (χ0n) is 35.6. The molecule has 65 heavy (non-hydrogen) atoms. The first kappa shape index (κ1) is 36.1. The van der Waals surface area contributed by atoms with Crippen LogP contribution in [0.15, 0.2) is 224 Å². The molecule has 1 aliphatic rings. The fraction of sp³-hybridized carbons (Fsp3) is 0.0323. The van der Waals surface area contributed by atoms with Crippen molar-refractivity contribution in [2.45, 2.75) is 6.42 Å². The van der Waals surface area contributed by atoms with E-state index in [0.717, 1.165) is 18.7 Å². The predicted octanol–water partition coefficient (Wildman–Crippen LogP) is 16.4. The number of hydrogen-bond donors (Lipinski definition) is 0.